The third-order valence-electron chi connectivity index (χ3n) is 0.883. The Morgan fingerprint density at radius 2 is 2.11 bits per heavy atom. The van der Waals surface area contributed by atoms with Gasteiger partial charge in [-0.25, -0.2) is 9.97 Å². The first kappa shape index (κ1) is 6.55. The van der Waals surface area contributed by atoms with Crippen LogP contribution in [0.3, 0.4) is 0 Å². The maximum absolute atomic E-state index is 3.85. The van der Waals surface area contributed by atoms with Gasteiger partial charge < -0.3 is 0 Å². The molecule has 1 heterocycles. The third kappa shape index (κ3) is 2.01. The van der Waals surface area contributed by atoms with Crippen molar-refractivity contribution in [3.8, 4) is 0 Å². The molecule has 0 aliphatic heterocycles. The van der Waals surface area contributed by atoms with E-state index in [0.717, 1.165) is 11.3 Å². The van der Waals surface area contributed by atoms with E-state index in [4.69, 9.17) is 0 Å². The molecule has 0 bridgehead atoms. The molecule has 0 aliphatic carbocycles. The Balaban J connectivity index is 2.61. The van der Waals surface area contributed by atoms with Gasteiger partial charge in [0, 0.05) is 24.4 Å². The van der Waals surface area contributed by atoms with Crippen LogP contribution < -0.4 is 0 Å². The minimum Gasteiger partial charge on any atom is -0.245 e. The fourth-order valence-electron chi connectivity index (χ4n) is 0.522. The van der Waals surface area contributed by atoms with Crippen LogP contribution in [0.2, 0.25) is 0 Å². The molecule has 1 radical (unpaired) electrons. The summed E-state index contributed by atoms with van der Waals surface area (Å²) in [5, 5.41) is 0. The second-order valence-corrected chi connectivity index (χ2v) is 2.29. The molecule has 0 atom stereocenters. The molecular formula is C6H7N2S. The van der Waals surface area contributed by atoms with Crippen molar-refractivity contribution < 1.29 is 0 Å². The summed E-state index contributed by atoms with van der Waals surface area (Å²) in [6.45, 7) is 0. The number of thioether (sulfide) groups is 1. The minimum absolute atomic E-state index is 0.890. The highest BCUT2D eigenvalue weighted by atomic mass is 32.2. The van der Waals surface area contributed by atoms with Crippen LogP contribution in [0.4, 0.5) is 0 Å². The highest BCUT2D eigenvalue weighted by Crippen LogP contribution is 2.05. The van der Waals surface area contributed by atoms with Crippen LogP contribution in [-0.2, 0) is 5.75 Å². The predicted octanol–water partition coefficient (Wildman–Crippen LogP) is 1.50. The topological polar surface area (TPSA) is 25.8 Å². The molecule has 0 N–H and O–H groups in total. The van der Waals surface area contributed by atoms with E-state index in [1.807, 2.05) is 0 Å². The van der Waals surface area contributed by atoms with Crippen molar-refractivity contribution in [2.45, 2.75) is 5.75 Å². The van der Waals surface area contributed by atoms with Crippen molar-refractivity contribution >= 4 is 11.8 Å². The lowest BCUT2D eigenvalue weighted by Crippen LogP contribution is -1.82. The van der Waals surface area contributed by atoms with Crippen molar-refractivity contribution in [1.82, 2.24) is 9.97 Å². The molecule has 0 saturated heterocycles. The lowest BCUT2D eigenvalue weighted by molar-refractivity contribution is 1.12. The standard InChI is InChI=1S/C6H7N2S/c1-9-4-6-2-7-5-8-3-6/h2-3,5H,1,4H2. The van der Waals surface area contributed by atoms with Gasteiger partial charge in [0.2, 0.25) is 0 Å². The Kier molecular flexibility index (Phi) is 2.51. The quantitative estimate of drug-likeness (QED) is 0.621. The highest BCUT2D eigenvalue weighted by Gasteiger charge is 1.87. The van der Waals surface area contributed by atoms with Crippen molar-refractivity contribution in [3.05, 3.63) is 30.5 Å². The van der Waals surface area contributed by atoms with Gasteiger partial charge in [0.25, 0.3) is 0 Å². The largest absolute Gasteiger partial charge is 0.245 e. The van der Waals surface area contributed by atoms with E-state index in [9.17, 15) is 0 Å². The predicted molar refractivity (Wildman–Crippen MR) is 38.7 cm³/mol. The SMILES string of the molecule is [CH2]SCc1cncnc1. The van der Waals surface area contributed by atoms with Gasteiger partial charge in [-0.2, -0.15) is 11.8 Å². The van der Waals surface area contributed by atoms with E-state index in [1.54, 1.807) is 12.4 Å². The van der Waals surface area contributed by atoms with E-state index in [-0.39, 0.29) is 0 Å². The number of hydrogen-bond acceptors (Lipinski definition) is 3. The summed E-state index contributed by atoms with van der Waals surface area (Å²) < 4.78 is 0. The van der Waals surface area contributed by atoms with Gasteiger partial charge in [-0.3, -0.25) is 0 Å². The Morgan fingerprint density at radius 3 is 2.67 bits per heavy atom. The van der Waals surface area contributed by atoms with Gasteiger partial charge >= 0.3 is 0 Å². The number of rotatable bonds is 2. The number of aromatic nitrogens is 2. The first-order valence-corrected chi connectivity index (χ1v) is 3.70. The van der Waals surface area contributed by atoms with Gasteiger partial charge in [0.05, 0.1) is 0 Å². The lowest BCUT2D eigenvalue weighted by Gasteiger charge is -1.92. The Labute approximate surface area is 58.7 Å². The normalized spacial score (nSPS) is 9.44. The maximum atomic E-state index is 3.85. The Hall–Kier alpha value is -0.570. The summed E-state index contributed by atoms with van der Waals surface area (Å²) in [5.41, 5.74) is 1.12. The van der Waals surface area contributed by atoms with E-state index >= 15 is 0 Å². The van der Waals surface area contributed by atoms with Gasteiger partial charge in [0.1, 0.15) is 6.33 Å². The second kappa shape index (κ2) is 3.45. The van der Waals surface area contributed by atoms with E-state index in [2.05, 4.69) is 16.2 Å². The molecule has 0 spiro atoms. The zero-order valence-electron chi connectivity index (χ0n) is 4.95. The van der Waals surface area contributed by atoms with Gasteiger partial charge in [-0.15, -0.1) is 0 Å². The Bertz CT molecular complexity index is 164. The summed E-state index contributed by atoms with van der Waals surface area (Å²) >= 11 is 1.52. The van der Waals surface area contributed by atoms with E-state index in [1.165, 1.54) is 18.1 Å². The lowest BCUT2D eigenvalue weighted by atomic mass is 10.4. The molecule has 1 rings (SSSR count). The highest BCUT2D eigenvalue weighted by molar-refractivity contribution is 7.99. The molecule has 1 aromatic heterocycles. The molecule has 47 valence electrons. The van der Waals surface area contributed by atoms with Crippen LogP contribution in [0.15, 0.2) is 18.7 Å². The molecular weight excluding hydrogens is 132 g/mol. The summed E-state index contributed by atoms with van der Waals surface area (Å²) in [7, 11) is 0. The number of nitrogens with zero attached hydrogens (tertiary/aromatic N) is 2. The zero-order valence-corrected chi connectivity index (χ0v) is 5.77. The molecule has 9 heavy (non-hydrogen) atoms. The van der Waals surface area contributed by atoms with E-state index < -0.39 is 0 Å². The third-order valence-corrected chi connectivity index (χ3v) is 1.42. The molecule has 2 nitrogen and oxygen atoms in total. The minimum atomic E-state index is 0.890. The summed E-state index contributed by atoms with van der Waals surface area (Å²) in [4.78, 5) is 7.70. The first-order chi connectivity index (χ1) is 4.43. The van der Waals surface area contributed by atoms with Crippen molar-refractivity contribution in [1.29, 1.82) is 0 Å². The second-order valence-electron chi connectivity index (χ2n) is 1.60. The first-order valence-electron chi connectivity index (χ1n) is 2.54. The van der Waals surface area contributed by atoms with Crippen molar-refractivity contribution in [2.75, 3.05) is 0 Å². The molecule has 1 aromatic rings. The van der Waals surface area contributed by atoms with Crippen LogP contribution in [0.25, 0.3) is 0 Å². The molecule has 3 heteroatoms. The fourth-order valence-corrected chi connectivity index (χ4v) is 0.907. The zero-order chi connectivity index (χ0) is 6.53. The molecule has 0 aliphatic rings. The molecule has 0 aromatic carbocycles. The molecule has 0 fully saturated rings. The summed E-state index contributed by atoms with van der Waals surface area (Å²) in [6, 6.07) is 0. The molecule has 0 unspecified atom stereocenters. The van der Waals surface area contributed by atoms with Crippen LogP contribution in [0.1, 0.15) is 5.56 Å². The number of hydrogen-bond donors (Lipinski definition) is 0. The smallest absolute Gasteiger partial charge is 0.115 e. The Morgan fingerprint density at radius 1 is 1.44 bits per heavy atom. The van der Waals surface area contributed by atoms with Crippen molar-refractivity contribution in [3.63, 3.8) is 0 Å². The van der Waals surface area contributed by atoms with Crippen LogP contribution in [0.5, 0.6) is 0 Å². The molecule has 0 amide bonds. The van der Waals surface area contributed by atoms with Crippen LogP contribution >= 0.6 is 11.8 Å². The summed E-state index contributed by atoms with van der Waals surface area (Å²) in [5.74, 6) is 0.890. The van der Waals surface area contributed by atoms with E-state index in [0.29, 0.717) is 0 Å². The average Bonchev–Trinajstić information content (AvgIpc) is 1.91. The van der Waals surface area contributed by atoms with Crippen molar-refractivity contribution in [2.24, 2.45) is 0 Å². The monoisotopic (exact) mass is 139 g/mol. The van der Waals surface area contributed by atoms with Gasteiger partial charge in [0.15, 0.2) is 0 Å². The maximum Gasteiger partial charge on any atom is 0.115 e. The van der Waals surface area contributed by atoms with Crippen LogP contribution in [0, 0.1) is 6.26 Å². The summed E-state index contributed by atoms with van der Waals surface area (Å²) in [6.07, 6.45) is 8.76. The molecule has 0 saturated carbocycles. The van der Waals surface area contributed by atoms with Gasteiger partial charge in [-0.05, 0) is 5.56 Å². The fraction of sp³-hybridized carbons (Fsp3) is 0.167. The van der Waals surface area contributed by atoms with Gasteiger partial charge in [-0.1, -0.05) is 0 Å². The average molecular weight is 139 g/mol. The van der Waals surface area contributed by atoms with Crippen LogP contribution in [-0.4, -0.2) is 9.97 Å².